The van der Waals surface area contributed by atoms with E-state index in [0.717, 1.165) is 0 Å². The van der Waals surface area contributed by atoms with Gasteiger partial charge in [-0.3, -0.25) is 9.59 Å². The maximum Gasteiger partial charge on any atom is 0.247 e. The van der Waals surface area contributed by atoms with Crippen molar-refractivity contribution in [2.45, 2.75) is 45.6 Å². The van der Waals surface area contributed by atoms with Gasteiger partial charge in [-0.05, 0) is 24.1 Å². The third-order valence-electron chi connectivity index (χ3n) is 4.08. The first-order chi connectivity index (χ1) is 12.6. The van der Waals surface area contributed by atoms with Gasteiger partial charge < -0.3 is 15.4 Å². The van der Waals surface area contributed by atoms with Crippen LogP contribution in [0.5, 0.6) is 5.75 Å². The third-order valence-corrected chi connectivity index (χ3v) is 6.13. The van der Waals surface area contributed by atoms with Crippen molar-refractivity contribution in [2.75, 3.05) is 25.5 Å². The molecule has 9 heteroatoms. The van der Waals surface area contributed by atoms with Gasteiger partial charge in [0.1, 0.15) is 11.8 Å². The minimum Gasteiger partial charge on any atom is -0.495 e. The summed E-state index contributed by atoms with van der Waals surface area (Å²) in [4.78, 5) is 24.0. The summed E-state index contributed by atoms with van der Waals surface area (Å²) >= 11 is 0. The zero-order chi connectivity index (χ0) is 20.8. The van der Waals surface area contributed by atoms with Crippen LogP contribution in [-0.2, 0) is 19.6 Å². The van der Waals surface area contributed by atoms with Crippen molar-refractivity contribution in [1.82, 2.24) is 9.62 Å². The van der Waals surface area contributed by atoms with Crippen molar-refractivity contribution in [3.05, 3.63) is 18.2 Å². The highest BCUT2D eigenvalue weighted by atomic mass is 32.2. The van der Waals surface area contributed by atoms with Crippen LogP contribution in [0.25, 0.3) is 0 Å². The molecule has 0 aliphatic heterocycles. The lowest BCUT2D eigenvalue weighted by molar-refractivity contribution is -0.126. The summed E-state index contributed by atoms with van der Waals surface area (Å²) in [6.07, 6.45) is 0. The average molecular weight is 400 g/mol. The number of hydrogen-bond donors (Lipinski definition) is 2. The van der Waals surface area contributed by atoms with E-state index < -0.39 is 22.0 Å². The van der Waals surface area contributed by atoms with Crippen LogP contribution in [0, 0.1) is 5.92 Å². The number of carbonyl (C=O) groups is 2. The number of nitrogens with one attached hydrogen (secondary N) is 2. The molecule has 1 rings (SSSR count). The van der Waals surface area contributed by atoms with Gasteiger partial charge in [-0.15, -0.1) is 0 Å². The second-order valence-corrected chi connectivity index (χ2v) is 8.30. The first-order valence-corrected chi connectivity index (χ1v) is 10.3. The number of amides is 2. The molecule has 27 heavy (non-hydrogen) atoms. The Morgan fingerprint density at radius 2 is 1.78 bits per heavy atom. The van der Waals surface area contributed by atoms with E-state index in [9.17, 15) is 18.0 Å². The second-order valence-electron chi connectivity index (χ2n) is 6.36. The van der Waals surface area contributed by atoms with Crippen molar-refractivity contribution < 1.29 is 22.7 Å². The molecule has 1 aromatic carbocycles. The van der Waals surface area contributed by atoms with E-state index >= 15 is 0 Å². The van der Waals surface area contributed by atoms with E-state index in [2.05, 4.69) is 10.6 Å². The molecule has 0 heterocycles. The molecule has 0 saturated carbocycles. The maximum absolute atomic E-state index is 12.7. The van der Waals surface area contributed by atoms with E-state index in [1.54, 1.807) is 27.7 Å². The van der Waals surface area contributed by atoms with E-state index in [1.165, 1.54) is 36.5 Å². The van der Waals surface area contributed by atoms with Gasteiger partial charge >= 0.3 is 0 Å². The number of sulfonamides is 1. The number of rotatable bonds is 9. The van der Waals surface area contributed by atoms with Gasteiger partial charge in [0.25, 0.3) is 0 Å². The monoisotopic (exact) mass is 399 g/mol. The highest BCUT2D eigenvalue weighted by molar-refractivity contribution is 7.89. The highest BCUT2D eigenvalue weighted by Crippen LogP contribution is 2.29. The molecule has 0 saturated heterocycles. The molecule has 2 amide bonds. The molecule has 0 fully saturated rings. The van der Waals surface area contributed by atoms with Crippen molar-refractivity contribution in [1.29, 1.82) is 0 Å². The van der Waals surface area contributed by atoms with Gasteiger partial charge in [0.2, 0.25) is 21.8 Å². The number of nitrogens with zero attached hydrogens (tertiary/aromatic N) is 1. The number of hydrogen-bond acceptors (Lipinski definition) is 5. The van der Waals surface area contributed by atoms with Crippen molar-refractivity contribution in [3.8, 4) is 5.75 Å². The largest absolute Gasteiger partial charge is 0.495 e. The lowest BCUT2D eigenvalue weighted by Gasteiger charge is -2.22. The molecular formula is C18H29N3O5S. The number of ether oxygens (including phenoxy) is 1. The quantitative estimate of drug-likeness (QED) is 0.659. The van der Waals surface area contributed by atoms with Crippen molar-refractivity contribution in [2.24, 2.45) is 5.92 Å². The molecule has 0 spiro atoms. The molecular weight excluding hydrogens is 370 g/mol. The van der Waals surface area contributed by atoms with Crippen molar-refractivity contribution in [3.63, 3.8) is 0 Å². The predicted molar refractivity (Wildman–Crippen MR) is 104 cm³/mol. The van der Waals surface area contributed by atoms with Crippen LogP contribution in [0.1, 0.15) is 34.6 Å². The zero-order valence-electron chi connectivity index (χ0n) is 16.7. The van der Waals surface area contributed by atoms with Gasteiger partial charge in [-0.1, -0.05) is 27.7 Å². The molecule has 1 atom stereocenters. The van der Waals surface area contributed by atoms with Gasteiger partial charge in [-0.2, -0.15) is 4.31 Å². The molecule has 0 radical (unpaired) electrons. The Balaban J connectivity index is 3.27. The van der Waals surface area contributed by atoms with E-state index in [0.29, 0.717) is 18.8 Å². The molecule has 0 aliphatic carbocycles. The van der Waals surface area contributed by atoms with Gasteiger partial charge in [0.15, 0.2) is 0 Å². The Morgan fingerprint density at radius 1 is 1.19 bits per heavy atom. The van der Waals surface area contributed by atoms with Crippen LogP contribution < -0.4 is 15.4 Å². The Labute approximate surface area is 161 Å². The fourth-order valence-corrected chi connectivity index (χ4v) is 4.11. The standard InChI is InChI=1S/C18H29N3O5S/c1-7-21(8-2)27(24,25)14-9-10-16(26-6)15(11-14)20-18(23)17(12(3)4)19-13(5)22/h9-12,17H,7-8H2,1-6H3,(H,19,22)(H,20,23). The van der Waals surface area contributed by atoms with Crippen LogP contribution in [0.2, 0.25) is 0 Å². The smallest absolute Gasteiger partial charge is 0.247 e. The lowest BCUT2D eigenvalue weighted by Crippen LogP contribution is -2.46. The fourth-order valence-electron chi connectivity index (χ4n) is 2.62. The first kappa shape index (κ1) is 22.9. The summed E-state index contributed by atoms with van der Waals surface area (Å²) in [5.74, 6) is -0.598. The van der Waals surface area contributed by atoms with Crippen molar-refractivity contribution >= 4 is 27.5 Å². The maximum atomic E-state index is 12.7. The van der Waals surface area contributed by atoms with Gasteiger partial charge in [0.05, 0.1) is 17.7 Å². The number of anilines is 1. The Bertz CT molecular complexity index is 773. The normalized spacial score (nSPS) is 12.7. The minimum absolute atomic E-state index is 0.0583. The van der Waals surface area contributed by atoms with Crippen LogP contribution in [0.4, 0.5) is 5.69 Å². The topological polar surface area (TPSA) is 105 Å². The highest BCUT2D eigenvalue weighted by Gasteiger charge is 2.26. The minimum atomic E-state index is -3.68. The molecule has 0 aromatic heterocycles. The number of benzene rings is 1. The number of methoxy groups -OCH3 is 1. The average Bonchev–Trinajstić information content (AvgIpc) is 2.59. The molecule has 0 bridgehead atoms. The van der Waals surface area contributed by atoms with E-state index in [-0.39, 0.29) is 22.4 Å². The second kappa shape index (κ2) is 9.70. The Kier molecular flexibility index (Phi) is 8.23. The van der Waals surface area contributed by atoms with Gasteiger partial charge in [-0.25, -0.2) is 8.42 Å². The summed E-state index contributed by atoms with van der Waals surface area (Å²) < 4.78 is 32.0. The summed E-state index contributed by atoms with van der Waals surface area (Å²) in [7, 11) is -2.26. The third kappa shape index (κ3) is 5.67. The fraction of sp³-hybridized carbons (Fsp3) is 0.556. The number of carbonyl (C=O) groups excluding carboxylic acids is 2. The van der Waals surface area contributed by atoms with Crippen LogP contribution in [0.3, 0.4) is 0 Å². The van der Waals surface area contributed by atoms with Crippen LogP contribution in [0.15, 0.2) is 23.1 Å². The Hall–Kier alpha value is -2.13. The zero-order valence-corrected chi connectivity index (χ0v) is 17.5. The van der Waals surface area contributed by atoms with Crippen LogP contribution in [-0.4, -0.2) is 50.8 Å². The van der Waals surface area contributed by atoms with Gasteiger partial charge in [0, 0.05) is 20.0 Å². The SMILES string of the molecule is CCN(CC)S(=O)(=O)c1ccc(OC)c(NC(=O)C(NC(C)=O)C(C)C)c1. The summed E-state index contributed by atoms with van der Waals surface area (Å²) in [6.45, 7) is 9.13. The Morgan fingerprint density at radius 3 is 2.22 bits per heavy atom. The van der Waals surface area contributed by atoms with E-state index in [4.69, 9.17) is 4.74 Å². The molecule has 152 valence electrons. The molecule has 8 nitrogen and oxygen atoms in total. The molecule has 0 aliphatic rings. The van der Waals surface area contributed by atoms with E-state index in [1.807, 2.05) is 0 Å². The van der Waals surface area contributed by atoms with Crippen LogP contribution >= 0.6 is 0 Å². The first-order valence-electron chi connectivity index (χ1n) is 8.84. The molecule has 2 N–H and O–H groups in total. The summed E-state index contributed by atoms with van der Waals surface area (Å²) in [6, 6.07) is 3.55. The predicted octanol–water partition coefficient (Wildman–Crippen LogP) is 1.82. The molecule has 1 unspecified atom stereocenters. The lowest BCUT2D eigenvalue weighted by atomic mass is 10.0. The summed E-state index contributed by atoms with van der Waals surface area (Å²) in [5.41, 5.74) is 0.228. The summed E-state index contributed by atoms with van der Waals surface area (Å²) in [5, 5.41) is 5.27. The molecule has 1 aromatic rings.